The number of hydrogen-bond donors (Lipinski definition) is 1. The normalized spacial score (nSPS) is 17.5. The fourth-order valence-electron chi connectivity index (χ4n) is 3.30. The molecule has 0 aromatic carbocycles. The van der Waals surface area contributed by atoms with Gasteiger partial charge < -0.3 is 20.3 Å². The lowest BCUT2D eigenvalue weighted by Gasteiger charge is -2.35. The van der Waals surface area contributed by atoms with Gasteiger partial charge in [-0.25, -0.2) is 4.98 Å². The van der Waals surface area contributed by atoms with Crippen molar-refractivity contribution in [2.75, 3.05) is 40.1 Å². The number of pyridine rings is 1. The molecule has 3 rings (SSSR count). The molecule has 7 nitrogen and oxygen atoms in total. The van der Waals surface area contributed by atoms with Crippen molar-refractivity contribution in [3.05, 3.63) is 22.7 Å². The number of nitrogen functional groups attached to an aromatic ring is 1. The predicted octanol–water partition coefficient (Wildman–Crippen LogP) is 2.28. The Morgan fingerprint density at radius 3 is 2.85 bits per heavy atom. The molecule has 1 atom stereocenters. The standard InChI is InChI=1S/C18H24N4O3S/c1-21(2)18(24)16-15(19)11-7-8-12(20-17(11)26-16)13-6-4-5-9-22(13)14(23)10-25-3/h7-8,13H,4-6,9-10,19H2,1-3H3/t13-/m1/s1. The monoisotopic (exact) mass is 376 g/mol. The number of aromatic nitrogens is 1. The summed E-state index contributed by atoms with van der Waals surface area (Å²) in [6.07, 6.45) is 2.91. The van der Waals surface area contributed by atoms with Gasteiger partial charge in [-0.15, -0.1) is 11.3 Å². The Labute approximate surface area is 156 Å². The first-order valence-corrected chi connectivity index (χ1v) is 9.44. The van der Waals surface area contributed by atoms with Crippen LogP contribution in [0.2, 0.25) is 0 Å². The molecule has 1 fully saturated rings. The molecular formula is C18H24N4O3S. The van der Waals surface area contributed by atoms with E-state index in [4.69, 9.17) is 15.5 Å². The average molecular weight is 376 g/mol. The van der Waals surface area contributed by atoms with Crippen molar-refractivity contribution < 1.29 is 14.3 Å². The van der Waals surface area contributed by atoms with E-state index in [1.807, 2.05) is 17.0 Å². The smallest absolute Gasteiger partial charge is 0.265 e. The summed E-state index contributed by atoms with van der Waals surface area (Å²) in [6, 6.07) is 3.76. The number of nitrogens with zero attached hydrogens (tertiary/aromatic N) is 3. The summed E-state index contributed by atoms with van der Waals surface area (Å²) in [5, 5.41) is 0.787. The van der Waals surface area contributed by atoms with Gasteiger partial charge in [-0.2, -0.15) is 0 Å². The largest absolute Gasteiger partial charge is 0.397 e. The first-order valence-electron chi connectivity index (χ1n) is 8.63. The molecule has 0 radical (unpaired) electrons. The van der Waals surface area contributed by atoms with E-state index in [9.17, 15) is 9.59 Å². The lowest BCUT2D eigenvalue weighted by molar-refractivity contribution is -0.139. The van der Waals surface area contributed by atoms with Crippen LogP contribution in [-0.2, 0) is 9.53 Å². The summed E-state index contributed by atoms with van der Waals surface area (Å²) in [7, 11) is 4.93. The third-order valence-electron chi connectivity index (χ3n) is 4.65. The fraction of sp³-hybridized carbons (Fsp3) is 0.500. The van der Waals surface area contributed by atoms with Crippen molar-refractivity contribution in [2.45, 2.75) is 25.3 Å². The van der Waals surface area contributed by atoms with Gasteiger partial charge >= 0.3 is 0 Å². The number of methoxy groups -OCH3 is 1. The molecule has 140 valence electrons. The number of fused-ring (bicyclic) bond motifs is 1. The molecule has 2 N–H and O–H groups in total. The van der Waals surface area contributed by atoms with E-state index in [2.05, 4.69) is 0 Å². The van der Waals surface area contributed by atoms with Gasteiger partial charge in [0.2, 0.25) is 5.91 Å². The van der Waals surface area contributed by atoms with E-state index >= 15 is 0 Å². The first kappa shape index (κ1) is 18.6. The van der Waals surface area contributed by atoms with Crippen molar-refractivity contribution in [2.24, 2.45) is 0 Å². The lowest BCUT2D eigenvalue weighted by atomic mass is 9.98. The van der Waals surface area contributed by atoms with Crippen LogP contribution in [0.1, 0.15) is 40.7 Å². The van der Waals surface area contributed by atoms with Crippen LogP contribution in [0.4, 0.5) is 5.69 Å². The lowest BCUT2D eigenvalue weighted by Crippen LogP contribution is -2.40. The number of amides is 2. The molecule has 26 heavy (non-hydrogen) atoms. The van der Waals surface area contributed by atoms with E-state index in [-0.39, 0.29) is 24.5 Å². The van der Waals surface area contributed by atoms with Crippen LogP contribution < -0.4 is 5.73 Å². The summed E-state index contributed by atoms with van der Waals surface area (Å²) in [4.78, 5) is 34.0. The van der Waals surface area contributed by atoms with Crippen LogP contribution in [0.25, 0.3) is 10.2 Å². The number of carbonyl (C=O) groups excluding carboxylic acids is 2. The van der Waals surface area contributed by atoms with Gasteiger partial charge in [-0.3, -0.25) is 9.59 Å². The maximum atomic E-state index is 12.4. The quantitative estimate of drug-likeness (QED) is 0.884. The molecule has 0 aliphatic carbocycles. The second-order valence-electron chi connectivity index (χ2n) is 6.66. The molecule has 0 spiro atoms. The number of anilines is 1. The minimum Gasteiger partial charge on any atom is -0.397 e. The van der Waals surface area contributed by atoms with Gasteiger partial charge in [0.15, 0.2) is 0 Å². The second kappa shape index (κ2) is 7.59. The Hall–Kier alpha value is -2.19. The Balaban J connectivity index is 1.97. The molecule has 1 saturated heterocycles. The Kier molecular flexibility index (Phi) is 5.43. The molecule has 2 aromatic rings. The first-order chi connectivity index (χ1) is 12.4. The number of likely N-dealkylation sites (tertiary alicyclic amines) is 1. The van der Waals surface area contributed by atoms with Gasteiger partial charge in [0, 0.05) is 33.1 Å². The molecule has 8 heteroatoms. The van der Waals surface area contributed by atoms with Crippen molar-refractivity contribution in [3.63, 3.8) is 0 Å². The zero-order valence-electron chi connectivity index (χ0n) is 15.3. The average Bonchev–Trinajstić information content (AvgIpc) is 2.97. The van der Waals surface area contributed by atoms with E-state index in [1.54, 1.807) is 14.1 Å². The number of carbonyl (C=O) groups is 2. The zero-order valence-corrected chi connectivity index (χ0v) is 16.1. The van der Waals surface area contributed by atoms with E-state index in [1.165, 1.54) is 23.3 Å². The minimum absolute atomic E-state index is 0.0201. The van der Waals surface area contributed by atoms with E-state index < -0.39 is 0 Å². The fourth-order valence-corrected chi connectivity index (χ4v) is 4.43. The number of hydrogen-bond acceptors (Lipinski definition) is 6. The molecule has 0 bridgehead atoms. The SMILES string of the molecule is COCC(=O)N1CCCC[C@@H]1c1ccc2c(N)c(C(=O)N(C)C)sc2n1. The molecule has 2 aromatic heterocycles. The van der Waals surface area contributed by atoms with Gasteiger partial charge in [0.05, 0.1) is 17.4 Å². The van der Waals surface area contributed by atoms with Crippen molar-refractivity contribution in [3.8, 4) is 0 Å². The predicted molar refractivity (Wildman–Crippen MR) is 102 cm³/mol. The summed E-state index contributed by atoms with van der Waals surface area (Å²) < 4.78 is 5.01. The van der Waals surface area contributed by atoms with Gasteiger partial charge in [0.1, 0.15) is 16.3 Å². The number of nitrogens with two attached hydrogens (primary N) is 1. The molecular weight excluding hydrogens is 352 g/mol. The highest BCUT2D eigenvalue weighted by Crippen LogP contribution is 2.36. The van der Waals surface area contributed by atoms with Gasteiger partial charge in [0.25, 0.3) is 5.91 Å². The topological polar surface area (TPSA) is 88.8 Å². The van der Waals surface area contributed by atoms with E-state index in [0.717, 1.165) is 35.2 Å². The number of thiophene rings is 1. The maximum absolute atomic E-state index is 12.4. The molecule has 0 unspecified atom stereocenters. The van der Waals surface area contributed by atoms with Gasteiger partial charge in [-0.05, 0) is 31.4 Å². The second-order valence-corrected chi connectivity index (χ2v) is 7.66. The Morgan fingerprint density at radius 2 is 2.15 bits per heavy atom. The summed E-state index contributed by atoms with van der Waals surface area (Å²) in [6.45, 7) is 0.787. The summed E-state index contributed by atoms with van der Waals surface area (Å²) in [5.41, 5.74) is 7.47. The van der Waals surface area contributed by atoms with Crippen molar-refractivity contribution in [1.82, 2.24) is 14.8 Å². The molecule has 0 saturated carbocycles. The minimum atomic E-state index is -0.124. The Morgan fingerprint density at radius 1 is 1.38 bits per heavy atom. The van der Waals surface area contributed by atoms with Crippen molar-refractivity contribution >= 4 is 39.1 Å². The summed E-state index contributed by atoms with van der Waals surface area (Å²) in [5.74, 6) is -0.144. The van der Waals surface area contributed by atoms with Gasteiger partial charge in [-0.1, -0.05) is 0 Å². The van der Waals surface area contributed by atoms with E-state index in [0.29, 0.717) is 17.1 Å². The third kappa shape index (κ3) is 3.39. The van der Waals surface area contributed by atoms with Crippen LogP contribution in [-0.4, -0.2) is 61.0 Å². The molecule has 3 heterocycles. The van der Waals surface area contributed by atoms with Crippen LogP contribution in [0.3, 0.4) is 0 Å². The van der Waals surface area contributed by atoms with Crippen LogP contribution >= 0.6 is 11.3 Å². The highest BCUT2D eigenvalue weighted by atomic mass is 32.1. The van der Waals surface area contributed by atoms with Crippen LogP contribution in [0, 0.1) is 0 Å². The molecule has 1 aliphatic rings. The Bertz CT molecular complexity index is 833. The maximum Gasteiger partial charge on any atom is 0.265 e. The van der Waals surface area contributed by atoms with Crippen LogP contribution in [0.5, 0.6) is 0 Å². The molecule has 1 aliphatic heterocycles. The third-order valence-corrected chi connectivity index (χ3v) is 5.75. The highest BCUT2D eigenvalue weighted by Gasteiger charge is 2.29. The number of ether oxygens (including phenoxy) is 1. The van der Waals surface area contributed by atoms with Crippen molar-refractivity contribution in [1.29, 1.82) is 0 Å². The van der Waals surface area contributed by atoms with Crippen LogP contribution in [0.15, 0.2) is 12.1 Å². The zero-order chi connectivity index (χ0) is 18.8. The highest BCUT2D eigenvalue weighted by molar-refractivity contribution is 7.21. The number of rotatable bonds is 4. The molecule has 2 amide bonds. The summed E-state index contributed by atoms with van der Waals surface area (Å²) >= 11 is 1.30. The number of piperidine rings is 1.